The fourth-order valence-electron chi connectivity index (χ4n) is 5.50. The molecule has 0 amide bonds. The number of ether oxygens (including phenoxy) is 2. The second-order valence-corrected chi connectivity index (χ2v) is 9.46. The quantitative estimate of drug-likeness (QED) is 0.780. The van der Waals surface area contributed by atoms with Crippen molar-refractivity contribution in [2.75, 3.05) is 26.7 Å². The van der Waals surface area contributed by atoms with E-state index in [4.69, 9.17) is 9.47 Å². The molecular formula is C26H33NO4. The number of piperidine rings is 1. The summed E-state index contributed by atoms with van der Waals surface area (Å²) in [6.07, 6.45) is 6.14. The van der Waals surface area contributed by atoms with Gasteiger partial charge in [-0.15, -0.1) is 0 Å². The van der Waals surface area contributed by atoms with Crippen molar-refractivity contribution < 1.29 is 19.7 Å². The van der Waals surface area contributed by atoms with Gasteiger partial charge in [0.1, 0.15) is 17.1 Å². The van der Waals surface area contributed by atoms with E-state index in [2.05, 4.69) is 23.1 Å². The van der Waals surface area contributed by atoms with Crippen LogP contribution in [0.4, 0.5) is 0 Å². The van der Waals surface area contributed by atoms with Gasteiger partial charge in [-0.05, 0) is 73.4 Å². The third-order valence-corrected chi connectivity index (χ3v) is 7.42. The minimum Gasteiger partial charge on any atom is -0.497 e. The number of fused-ring (bicyclic) bond motifs is 2. The Morgan fingerprint density at radius 3 is 2.65 bits per heavy atom. The van der Waals surface area contributed by atoms with Gasteiger partial charge in [-0.25, -0.2) is 0 Å². The lowest BCUT2D eigenvalue weighted by molar-refractivity contribution is -0.0588. The Balaban J connectivity index is 1.21. The lowest BCUT2D eigenvalue weighted by Gasteiger charge is -2.46. The summed E-state index contributed by atoms with van der Waals surface area (Å²) in [6, 6.07) is 12.2. The summed E-state index contributed by atoms with van der Waals surface area (Å²) in [5.74, 6) is 1.51. The van der Waals surface area contributed by atoms with Crippen LogP contribution in [-0.4, -0.2) is 47.5 Å². The van der Waals surface area contributed by atoms with E-state index >= 15 is 0 Å². The van der Waals surface area contributed by atoms with Crippen molar-refractivity contribution >= 4 is 0 Å². The van der Waals surface area contributed by atoms with Crippen LogP contribution in [0.2, 0.25) is 0 Å². The van der Waals surface area contributed by atoms with Crippen molar-refractivity contribution in [2.45, 2.75) is 62.8 Å². The standard InChI is InChI=1S/C26H33NO4/c1-30-21-8-9-25-22(15-21)23(28)16-26(31-25)10-12-27(13-11-26)17-24(29)20-7-6-18-4-2-3-5-19(18)14-20/h6-9,14-15,23-24,28-29H,2-5,10-13,16-17H2,1H3/t23-,24-/m1/s1. The zero-order chi connectivity index (χ0) is 21.4. The minimum absolute atomic E-state index is 0.325. The first-order valence-corrected chi connectivity index (χ1v) is 11.6. The molecule has 1 saturated heterocycles. The highest BCUT2D eigenvalue weighted by atomic mass is 16.5. The number of benzene rings is 2. The number of aryl methyl sites for hydroxylation is 2. The molecule has 5 nitrogen and oxygen atoms in total. The maximum atomic E-state index is 10.9. The Morgan fingerprint density at radius 1 is 1.10 bits per heavy atom. The number of aliphatic hydroxyl groups is 2. The molecular weight excluding hydrogens is 390 g/mol. The highest BCUT2D eigenvalue weighted by Crippen LogP contribution is 2.45. The summed E-state index contributed by atoms with van der Waals surface area (Å²) >= 11 is 0. The summed E-state index contributed by atoms with van der Waals surface area (Å²) in [7, 11) is 1.63. The molecule has 2 atom stereocenters. The second kappa shape index (κ2) is 8.45. The Kier molecular flexibility index (Phi) is 5.67. The first-order valence-electron chi connectivity index (χ1n) is 11.6. The van der Waals surface area contributed by atoms with Crippen LogP contribution in [0.5, 0.6) is 11.5 Å². The Hall–Kier alpha value is -2.08. The number of likely N-dealkylation sites (tertiary alicyclic amines) is 1. The lowest BCUT2D eigenvalue weighted by Crippen LogP contribution is -2.51. The van der Waals surface area contributed by atoms with Gasteiger partial charge in [-0.2, -0.15) is 0 Å². The zero-order valence-corrected chi connectivity index (χ0v) is 18.3. The summed E-state index contributed by atoms with van der Waals surface area (Å²) in [4.78, 5) is 2.33. The number of β-amino-alcohol motifs (C(OH)–C–C–N with tert-alkyl or cyclic N) is 1. The van der Waals surface area contributed by atoms with E-state index in [1.807, 2.05) is 18.2 Å². The average molecular weight is 424 g/mol. The van der Waals surface area contributed by atoms with Crippen LogP contribution >= 0.6 is 0 Å². The van der Waals surface area contributed by atoms with Crippen LogP contribution < -0.4 is 9.47 Å². The van der Waals surface area contributed by atoms with Gasteiger partial charge in [0.25, 0.3) is 0 Å². The molecule has 2 aliphatic heterocycles. The molecule has 1 aliphatic carbocycles. The highest BCUT2D eigenvalue weighted by molar-refractivity contribution is 5.44. The third-order valence-electron chi connectivity index (χ3n) is 7.42. The van der Waals surface area contributed by atoms with Crippen LogP contribution in [0, 0.1) is 0 Å². The van der Waals surface area contributed by atoms with Gasteiger partial charge in [0, 0.05) is 31.6 Å². The Labute approximate surface area is 184 Å². The van der Waals surface area contributed by atoms with Gasteiger partial charge in [0.2, 0.25) is 0 Å². The molecule has 2 heterocycles. The number of aliphatic hydroxyl groups excluding tert-OH is 2. The molecule has 0 aromatic heterocycles. The molecule has 2 aromatic rings. The second-order valence-electron chi connectivity index (χ2n) is 9.46. The van der Waals surface area contributed by atoms with E-state index in [9.17, 15) is 10.2 Å². The monoisotopic (exact) mass is 423 g/mol. The van der Waals surface area contributed by atoms with E-state index in [0.717, 1.165) is 55.0 Å². The van der Waals surface area contributed by atoms with Crippen LogP contribution in [-0.2, 0) is 12.8 Å². The maximum absolute atomic E-state index is 10.9. The van der Waals surface area contributed by atoms with Gasteiger partial charge in [0.15, 0.2) is 0 Å². The largest absolute Gasteiger partial charge is 0.497 e. The van der Waals surface area contributed by atoms with Crippen molar-refractivity contribution in [2.24, 2.45) is 0 Å². The molecule has 2 N–H and O–H groups in total. The van der Waals surface area contributed by atoms with Gasteiger partial charge in [-0.1, -0.05) is 18.2 Å². The molecule has 2 aromatic carbocycles. The van der Waals surface area contributed by atoms with Crippen molar-refractivity contribution in [1.82, 2.24) is 4.90 Å². The van der Waals surface area contributed by atoms with E-state index in [1.54, 1.807) is 7.11 Å². The highest BCUT2D eigenvalue weighted by Gasteiger charge is 2.43. The molecule has 0 unspecified atom stereocenters. The predicted molar refractivity (Wildman–Crippen MR) is 120 cm³/mol. The molecule has 1 spiro atoms. The van der Waals surface area contributed by atoms with E-state index in [0.29, 0.717) is 13.0 Å². The van der Waals surface area contributed by atoms with E-state index in [-0.39, 0.29) is 5.60 Å². The number of hydrogen-bond acceptors (Lipinski definition) is 5. The lowest BCUT2D eigenvalue weighted by atomic mass is 9.81. The van der Waals surface area contributed by atoms with Gasteiger partial charge < -0.3 is 24.6 Å². The van der Waals surface area contributed by atoms with Crippen LogP contribution in [0.1, 0.15) is 66.6 Å². The first-order chi connectivity index (χ1) is 15.0. The van der Waals surface area contributed by atoms with Crippen LogP contribution in [0.25, 0.3) is 0 Å². The normalized spacial score (nSPS) is 23.5. The average Bonchev–Trinajstić information content (AvgIpc) is 2.80. The summed E-state index contributed by atoms with van der Waals surface area (Å²) < 4.78 is 11.7. The number of nitrogens with zero attached hydrogens (tertiary/aromatic N) is 1. The van der Waals surface area contributed by atoms with E-state index < -0.39 is 12.2 Å². The van der Waals surface area contributed by atoms with Crippen molar-refractivity contribution in [3.63, 3.8) is 0 Å². The molecule has 3 aliphatic rings. The molecule has 166 valence electrons. The molecule has 31 heavy (non-hydrogen) atoms. The molecule has 0 bridgehead atoms. The first kappa shape index (κ1) is 20.8. The maximum Gasteiger partial charge on any atom is 0.126 e. The summed E-state index contributed by atoms with van der Waals surface area (Å²) in [6.45, 7) is 2.37. The van der Waals surface area contributed by atoms with Crippen LogP contribution in [0.3, 0.4) is 0 Å². The summed E-state index contributed by atoms with van der Waals surface area (Å²) in [5.41, 5.74) is 4.39. The number of methoxy groups -OCH3 is 1. The van der Waals surface area contributed by atoms with Gasteiger partial charge >= 0.3 is 0 Å². The smallest absolute Gasteiger partial charge is 0.126 e. The van der Waals surface area contributed by atoms with Crippen molar-refractivity contribution in [3.8, 4) is 11.5 Å². The van der Waals surface area contributed by atoms with Crippen molar-refractivity contribution in [3.05, 3.63) is 58.7 Å². The van der Waals surface area contributed by atoms with Gasteiger partial charge in [0.05, 0.1) is 19.3 Å². The third kappa shape index (κ3) is 4.19. The van der Waals surface area contributed by atoms with Crippen LogP contribution in [0.15, 0.2) is 36.4 Å². The molecule has 5 heteroatoms. The molecule has 0 radical (unpaired) electrons. The Morgan fingerprint density at radius 2 is 1.87 bits per heavy atom. The summed E-state index contributed by atoms with van der Waals surface area (Å²) in [5, 5.41) is 21.6. The number of rotatable bonds is 4. The topological polar surface area (TPSA) is 62.2 Å². The van der Waals surface area contributed by atoms with Gasteiger partial charge in [-0.3, -0.25) is 0 Å². The zero-order valence-electron chi connectivity index (χ0n) is 18.3. The SMILES string of the molecule is COc1ccc2c(c1)[C@H](O)CC1(CCN(C[C@@H](O)c3ccc4c(c3)CCCC4)CC1)O2. The molecule has 5 rings (SSSR count). The van der Waals surface area contributed by atoms with E-state index in [1.165, 1.54) is 30.4 Å². The predicted octanol–water partition coefficient (Wildman–Crippen LogP) is 3.96. The van der Waals surface area contributed by atoms with Crippen molar-refractivity contribution in [1.29, 1.82) is 0 Å². The Bertz CT molecular complexity index is 935. The number of hydrogen-bond donors (Lipinski definition) is 2. The fraction of sp³-hybridized carbons (Fsp3) is 0.538. The molecule has 0 saturated carbocycles. The fourth-order valence-corrected chi connectivity index (χ4v) is 5.50. The minimum atomic E-state index is -0.536. The molecule has 1 fully saturated rings.